The predicted octanol–water partition coefficient (Wildman–Crippen LogP) is 12.6. The van der Waals surface area contributed by atoms with E-state index >= 15 is 0 Å². The summed E-state index contributed by atoms with van der Waals surface area (Å²) < 4.78 is 7.46. The van der Waals surface area contributed by atoms with Crippen LogP contribution in [0.25, 0.3) is 104 Å². The van der Waals surface area contributed by atoms with E-state index in [2.05, 4.69) is 168 Å². The van der Waals surface area contributed by atoms with Gasteiger partial charge in [0.15, 0.2) is 5.82 Å². The molecule has 0 fully saturated rings. The van der Waals surface area contributed by atoms with Crippen LogP contribution in [0.15, 0.2) is 164 Å². The van der Waals surface area contributed by atoms with Crippen LogP contribution >= 0.6 is 11.5 Å². The van der Waals surface area contributed by atoms with Gasteiger partial charge in [0.05, 0.1) is 16.7 Å². The first kappa shape index (κ1) is 27.6. The van der Waals surface area contributed by atoms with E-state index in [1.54, 1.807) is 0 Å². The lowest BCUT2D eigenvalue weighted by atomic mass is 9.97. The first-order valence-electron chi connectivity index (χ1n) is 16.9. The van der Waals surface area contributed by atoms with Crippen molar-refractivity contribution < 1.29 is 0 Å². The fourth-order valence-electron chi connectivity index (χ4n) is 8.26. The Morgan fingerprint density at radius 1 is 0.400 bits per heavy atom. The minimum atomic E-state index is 0.774. The molecule has 10 aromatic rings. The first-order valence-corrected chi connectivity index (χ1v) is 17.7. The maximum Gasteiger partial charge on any atom is 0.174 e. The first-order chi connectivity index (χ1) is 24.8. The zero-order chi connectivity index (χ0) is 32.8. The molecule has 1 aliphatic rings. The summed E-state index contributed by atoms with van der Waals surface area (Å²) in [6.45, 7) is 0. The van der Waals surface area contributed by atoms with Crippen molar-refractivity contribution in [3.63, 3.8) is 0 Å². The number of hydrogen-bond acceptors (Lipinski definition) is 3. The molecule has 0 spiro atoms. The summed E-state index contributed by atoms with van der Waals surface area (Å²) in [5.74, 6) is 0.774. The molecular weight excluding hydrogens is 627 g/mol. The topological polar surface area (TPSA) is 30.7 Å². The van der Waals surface area contributed by atoms with Gasteiger partial charge in [-0.25, -0.2) is 4.98 Å². The molecule has 11 rings (SSSR count). The second-order valence-electron chi connectivity index (χ2n) is 13.0. The summed E-state index contributed by atoms with van der Waals surface area (Å²) in [4.78, 5) is 5.30. The Morgan fingerprint density at radius 3 is 1.96 bits per heavy atom. The number of benzene rings is 8. The zero-order valence-electron chi connectivity index (χ0n) is 26.8. The summed E-state index contributed by atoms with van der Waals surface area (Å²) >= 11 is 1.48. The lowest BCUT2D eigenvalue weighted by Crippen LogP contribution is -1.97. The summed E-state index contributed by atoms with van der Waals surface area (Å²) in [6.07, 6.45) is 0. The van der Waals surface area contributed by atoms with Crippen LogP contribution in [0.5, 0.6) is 0 Å². The van der Waals surface area contributed by atoms with Crippen LogP contribution in [0.1, 0.15) is 0 Å². The molecule has 0 amide bonds. The number of fused-ring (bicyclic) bond motifs is 7. The van der Waals surface area contributed by atoms with Crippen LogP contribution < -0.4 is 0 Å². The largest absolute Gasteiger partial charge is 0.309 e. The maximum atomic E-state index is 5.30. The number of nitrogens with zero attached hydrogens (tertiary/aromatic N) is 3. The molecule has 0 bridgehead atoms. The predicted molar refractivity (Wildman–Crippen MR) is 210 cm³/mol. The molecule has 50 heavy (non-hydrogen) atoms. The van der Waals surface area contributed by atoms with E-state index in [0.717, 1.165) is 33.2 Å². The number of para-hydroxylation sites is 2. The molecule has 3 nitrogen and oxygen atoms in total. The maximum absolute atomic E-state index is 5.30. The molecule has 0 saturated carbocycles. The van der Waals surface area contributed by atoms with Gasteiger partial charge in [0.25, 0.3) is 0 Å². The molecule has 2 aromatic heterocycles. The molecule has 0 unspecified atom stereocenters. The summed E-state index contributed by atoms with van der Waals surface area (Å²) in [5, 5.41) is 8.33. The Kier molecular flexibility index (Phi) is 5.83. The van der Waals surface area contributed by atoms with Crippen LogP contribution in [0.3, 0.4) is 0 Å². The van der Waals surface area contributed by atoms with Gasteiger partial charge < -0.3 is 4.57 Å². The highest BCUT2D eigenvalue weighted by molar-refractivity contribution is 7.09. The van der Waals surface area contributed by atoms with Crippen molar-refractivity contribution in [3.05, 3.63) is 164 Å². The van der Waals surface area contributed by atoms with E-state index in [4.69, 9.17) is 9.36 Å². The van der Waals surface area contributed by atoms with Gasteiger partial charge in [0, 0.05) is 33.0 Å². The molecule has 2 heterocycles. The third-order valence-electron chi connectivity index (χ3n) is 10.4. The van der Waals surface area contributed by atoms with E-state index < -0.39 is 0 Å². The number of aromatic nitrogens is 3. The molecule has 0 saturated heterocycles. The minimum absolute atomic E-state index is 0.774. The monoisotopic (exact) mass is 653 g/mol. The lowest BCUT2D eigenvalue weighted by molar-refractivity contribution is 1.18. The van der Waals surface area contributed by atoms with Crippen molar-refractivity contribution in [2.75, 3.05) is 0 Å². The van der Waals surface area contributed by atoms with Gasteiger partial charge in [-0.1, -0.05) is 140 Å². The van der Waals surface area contributed by atoms with Gasteiger partial charge in [-0.2, -0.15) is 4.37 Å². The van der Waals surface area contributed by atoms with Gasteiger partial charge in [-0.3, -0.25) is 0 Å². The van der Waals surface area contributed by atoms with Crippen LogP contribution in [-0.2, 0) is 0 Å². The summed E-state index contributed by atoms with van der Waals surface area (Å²) in [6, 6.07) is 59.0. The number of rotatable bonds is 4. The molecule has 0 atom stereocenters. The minimum Gasteiger partial charge on any atom is -0.309 e. The smallest absolute Gasteiger partial charge is 0.174 e. The molecule has 0 radical (unpaired) electrons. The van der Waals surface area contributed by atoms with Crippen LogP contribution in [0.4, 0.5) is 0 Å². The second kappa shape index (κ2) is 10.6. The van der Waals surface area contributed by atoms with Crippen molar-refractivity contribution in [1.29, 1.82) is 0 Å². The molecule has 8 aromatic carbocycles. The highest BCUT2D eigenvalue weighted by atomic mass is 32.1. The third kappa shape index (κ3) is 3.85. The second-order valence-corrected chi connectivity index (χ2v) is 13.7. The van der Waals surface area contributed by atoms with Gasteiger partial charge in [0.2, 0.25) is 0 Å². The molecule has 1 aliphatic carbocycles. The molecule has 0 aliphatic heterocycles. The van der Waals surface area contributed by atoms with Gasteiger partial charge in [-0.05, 0) is 79.6 Å². The van der Waals surface area contributed by atoms with Crippen molar-refractivity contribution >= 4 is 54.9 Å². The molecule has 4 heteroatoms. The van der Waals surface area contributed by atoms with Gasteiger partial charge in [-0.15, -0.1) is 0 Å². The average Bonchev–Trinajstić information content (AvgIpc) is 3.90. The normalized spacial score (nSPS) is 12.0. The highest BCUT2D eigenvalue weighted by Crippen LogP contribution is 2.51. The van der Waals surface area contributed by atoms with Gasteiger partial charge >= 0.3 is 0 Å². The molecular formula is C46H27N3S. The fourth-order valence-corrected chi connectivity index (χ4v) is 8.97. The molecule has 0 N–H and O–H groups in total. The number of hydrogen-bond donors (Lipinski definition) is 0. The van der Waals surface area contributed by atoms with E-state index in [0.29, 0.717) is 0 Å². The van der Waals surface area contributed by atoms with Crippen LogP contribution in [0, 0.1) is 0 Å². The average molecular weight is 654 g/mol. The zero-order valence-corrected chi connectivity index (χ0v) is 27.7. The lowest BCUT2D eigenvalue weighted by Gasteiger charge is -2.15. The standard InChI is InChI=1S/C46H27N3S/c1-2-15-30-28(12-1)13-9-20-31(30)33-17-5-7-23-39(33)49-40-24-8-6-19-36(40)43-38(22-11-25-41(43)49)46-47-45(48-50-46)37-27-26-29-14-10-21-34-32-16-3-4-18-35(32)44(37)42(29)34/h1-27H. The Balaban J connectivity index is 1.12. The summed E-state index contributed by atoms with van der Waals surface area (Å²) in [7, 11) is 0. The van der Waals surface area contributed by atoms with Crippen molar-refractivity contribution in [3.8, 4) is 61.0 Å². The van der Waals surface area contributed by atoms with E-state index in [-0.39, 0.29) is 0 Å². The Labute approximate surface area is 292 Å². The van der Waals surface area contributed by atoms with Crippen molar-refractivity contribution in [2.45, 2.75) is 0 Å². The third-order valence-corrected chi connectivity index (χ3v) is 11.1. The Morgan fingerprint density at radius 2 is 1.04 bits per heavy atom. The van der Waals surface area contributed by atoms with Gasteiger partial charge in [0.1, 0.15) is 5.01 Å². The Hall–Kier alpha value is -6.36. The van der Waals surface area contributed by atoms with Crippen LogP contribution in [0.2, 0.25) is 0 Å². The highest BCUT2D eigenvalue weighted by Gasteiger charge is 2.26. The van der Waals surface area contributed by atoms with Crippen molar-refractivity contribution in [2.24, 2.45) is 0 Å². The van der Waals surface area contributed by atoms with Crippen LogP contribution in [-0.4, -0.2) is 13.9 Å². The van der Waals surface area contributed by atoms with E-state index in [1.807, 2.05) is 0 Å². The fraction of sp³-hybridized carbons (Fsp3) is 0. The van der Waals surface area contributed by atoms with Crippen molar-refractivity contribution in [1.82, 2.24) is 13.9 Å². The Bertz CT molecular complexity index is 3000. The SMILES string of the molecule is c1ccc2c(c1)-c1cccc3ccc(-c4nsc(-c5cccc6c5c5ccccc5n6-c5ccccc5-c5cccc6ccccc56)n4)c-2c13. The summed E-state index contributed by atoms with van der Waals surface area (Å²) in [5.41, 5.74) is 13.1. The van der Waals surface area contributed by atoms with E-state index in [1.165, 1.54) is 82.7 Å². The molecule has 232 valence electrons. The van der Waals surface area contributed by atoms with E-state index in [9.17, 15) is 0 Å². The quantitative estimate of drug-likeness (QED) is 0.189.